The molecule has 0 aliphatic carbocycles. The van der Waals surface area contributed by atoms with E-state index in [2.05, 4.69) is 5.32 Å². The maximum atomic E-state index is 13.2. The number of methoxy groups -OCH3 is 2. The molecular weight excluding hydrogens is 414 g/mol. The van der Waals surface area contributed by atoms with E-state index >= 15 is 0 Å². The van der Waals surface area contributed by atoms with Crippen molar-refractivity contribution >= 4 is 17.5 Å². The number of ether oxygens (including phenoxy) is 3. The highest BCUT2D eigenvalue weighted by Gasteiger charge is 2.21. The molecule has 3 aromatic rings. The normalized spacial score (nSPS) is 11.7. The van der Waals surface area contributed by atoms with Gasteiger partial charge < -0.3 is 19.5 Å². The minimum Gasteiger partial charge on any atom is -0.497 e. The predicted molar refractivity (Wildman–Crippen MR) is 123 cm³/mol. The molecule has 31 heavy (non-hydrogen) atoms. The van der Waals surface area contributed by atoms with E-state index in [1.165, 1.54) is 7.11 Å². The van der Waals surface area contributed by atoms with E-state index < -0.39 is 0 Å². The molecule has 0 heterocycles. The van der Waals surface area contributed by atoms with Gasteiger partial charge in [0.25, 0.3) is 5.91 Å². The van der Waals surface area contributed by atoms with Crippen LogP contribution < -0.4 is 19.5 Å². The van der Waals surface area contributed by atoms with Crippen LogP contribution in [0.4, 0.5) is 0 Å². The highest BCUT2D eigenvalue weighted by molar-refractivity contribution is 6.32. The highest BCUT2D eigenvalue weighted by Crippen LogP contribution is 2.37. The van der Waals surface area contributed by atoms with Gasteiger partial charge in [-0.05, 0) is 49.2 Å². The summed E-state index contributed by atoms with van der Waals surface area (Å²) in [6.07, 6.45) is -0.0800. The average Bonchev–Trinajstić information content (AvgIpc) is 2.79. The molecule has 3 rings (SSSR count). The van der Waals surface area contributed by atoms with Crippen LogP contribution in [0.5, 0.6) is 17.2 Å². The Morgan fingerprint density at radius 3 is 2.13 bits per heavy atom. The number of hydrogen-bond donors (Lipinski definition) is 1. The predicted octanol–water partition coefficient (Wildman–Crippen LogP) is 5.66. The van der Waals surface area contributed by atoms with E-state index in [0.29, 0.717) is 22.1 Å². The van der Waals surface area contributed by atoms with Gasteiger partial charge >= 0.3 is 0 Å². The molecule has 1 unspecified atom stereocenters. The van der Waals surface area contributed by atoms with Crippen molar-refractivity contribution in [1.29, 1.82) is 0 Å². The SMILES string of the molecule is COc1ccc(C(NC(=O)c2cc(Cl)c(OC(C)C)c(OC)c2)c2ccccc2)cc1. The molecule has 0 aliphatic rings. The quantitative estimate of drug-likeness (QED) is 0.491. The largest absolute Gasteiger partial charge is 0.497 e. The maximum absolute atomic E-state index is 13.2. The standard InChI is InChI=1S/C25H26ClNO4/c1-16(2)31-24-21(26)14-19(15-22(24)30-4)25(28)27-23(17-8-6-5-7-9-17)18-10-12-20(29-3)13-11-18/h5-16,23H,1-4H3,(H,27,28). The molecule has 0 fully saturated rings. The zero-order valence-electron chi connectivity index (χ0n) is 18.0. The highest BCUT2D eigenvalue weighted by atomic mass is 35.5. The molecule has 0 saturated heterocycles. The number of carbonyl (C=O) groups excluding carboxylic acids is 1. The molecular formula is C25H26ClNO4. The summed E-state index contributed by atoms with van der Waals surface area (Å²) in [5, 5.41) is 3.43. The lowest BCUT2D eigenvalue weighted by Crippen LogP contribution is -2.29. The van der Waals surface area contributed by atoms with Crippen molar-refractivity contribution in [2.45, 2.75) is 26.0 Å². The zero-order chi connectivity index (χ0) is 22.4. The van der Waals surface area contributed by atoms with Crippen molar-refractivity contribution in [3.05, 3.63) is 88.4 Å². The van der Waals surface area contributed by atoms with Gasteiger partial charge in [0, 0.05) is 5.56 Å². The van der Waals surface area contributed by atoms with E-state index in [1.54, 1.807) is 19.2 Å². The van der Waals surface area contributed by atoms with E-state index in [9.17, 15) is 4.79 Å². The minimum atomic E-state index is -0.351. The van der Waals surface area contributed by atoms with Crippen molar-refractivity contribution in [3.63, 3.8) is 0 Å². The second-order valence-electron chi connectivity index (χ2n) is 7.25. The van der Waals surface area contributed by atoms with Gasteiger partial charge in [-0.3, -0.25) is 4.79 Å². The minimum absolute atomic E-state index is 0.0800. The summed E-state index contributed by atoms with van der Waals surface area (Å²) in [6.45, 7) is 3.80. The smallest absolute Gasteiger partial charge is 0.252 e. The second kappa shape index (κ2) is 10.2. The lowest BCUT2D eigenvalue weighted by Gasteiger charge is -2.21. The van der Waals surface area contributed by atoms with Gasteiger partial charge in [-0.2, -0.15) is 0 Å². The van der Waals surface area contributed by atoms with Crippen LogP contribution in [0.25, 0.3) is 0 Å². The van der Waals surface area contributed by atoms with E-state index in [-0.39, 0.29) is 18.1 Å². The molecule has 0 bridgehead atoms. The van der Waals surface area contributed by atoms with Gasteiger partial charge in [0.2, 0.25) is 0 Å². The number of rotatable bonds is 8. The lowest BCUT2D eigenvalue weighted by molar-refractivity contribution is 0.0942. The number of carbonyl (C=O) groups is 1. The van der Waals surface area contributed by atoms with E-state index in [4.69, 9.17) is 25.8 Å². The Kier molecular flexibility index (Phi) is 7.42. The molecule has 0 radical (unpaired) electrons. The summed E-state index contributed by atoms with van der Waals surface area (Å²) in [5.74, 6) is 1.30. The van der Waals surface area contributed by atoms with Crippen LogP contribution in [0, 0.1) is 0 Å². The molecule has 6 heteroatoms. The fourth-order valence-electron chi connectivity index (χ4n) is 3.22. The van der Waals surface area contributed by atoms with Gasteiger partial charge in [0.15, 0.2) is 11.5 Å². The first kappa shape index (κ1) is 22.5. The van der Waals surface area contributed by atoms with Crippen molar-refractivity contribution in [2.75, 3.05) is 14.2 Å². The Morgan fingerprint density at radius 2 is 1.55 bits per heavy atom. The summed E-state index contributed by atoms with van der Waals surface area (Å²) in [6, 6.07) is 20.3. The molecule has 5 nitrogen and oxygen atoms in total. The average molecular weight is 440 g/mol. The van der Waals surface area contributed by atoms with Crippen molar-refractivity contribution < 1.29 is 19.0 Å². The summed E-state index contributed by atoms with van der Waals surface area (Å²) < 4.78 is 16.4. The molecule has 1 atom stereocenters. The van der Waals surface area contributed by atoms with Crippen LogP contribution in [-0.4, -0.2) is 26.2 Å². The second-order valence-corrected chi connectivity index (χ2v) is 7.65. The molecule has 1 amide bonds. The number of nitrogens with one attached hydrogen (secondary N) is 1. The molecule has 0 aliphatic heterocycles. The topological polar surface area (TPSA) is 56.8 Å². The maximum Gasteiger partial charge on any atom is 0.252 e. The number of halogens is 1. The van der Waals surface area contributed by atoms with Gasteiger partial charge in [-0.25, -0.2) is 0 Å². The van der Waals surface area contributed by atoms with Gasteiger partial charge in [-0.15, -0.1) is 0 Å². The summed E-state index contributed by atoms with van der Waals surface area (Å²) in [7, 11) is 3.14. The first-order valence-corrected chi connectivity index (χ1v) is 10.3. The van der Waals surface area contributed by atoms with E-state index in [1.807, 2.05) is 68.4 Å². The number of benzene rings is 3. The Bertz CT molecular complexity index is 1020. The Labute approximate surface area is 187 Å². The molecule has 0 spiro atoms. The summed E-state index contributed by atoms with van der Waals surface area (Å²) in [5.41, 5.74) is 2.27. The lowest BCUT2D eigenvalue weighted by atomic mass is 9.98. The molecule has 3 aromatic carbocycles. The van der Waals surface area contributed by atoms with Crippen LogP contribution in [0.1, 0.15) is 41.4 Å². The Morgan fingerprint density at radius 1 is 0.903 bits per heavy atom. The van der Waals surface area contributed by atoms with Crippen molar-refractivity contribution in [3.8, 4) is 17.2 Å². The Hall–Kier alpha value is -3.18. The van der Waals surface area contributed by atoms with Crippen LogP contribution in [0.15, 0.2) is 66.7 Å². The first-order chi connectivity index (χ1) is 14.9. The number of hydrogen-bond acceptors (Lipinski definition) is 4. The fraction of sp³-hybridized carbons (Fsp3) is 0.240. The monoisotopic (exact) mass is 439 g/mol. The molecule has 0 aromatic heterocycles. The third-order valence-corrected chi connectivity index (χ3v) is 4.98. The number of amides is 1. The molecule has 1 N–H and O–H groups in total. The van der Waals surface area contributed by atoms with E-state index in [0.717, 1.165) is 16.9 Å². The van der Waals surface area contributed by atoms with Crippen LogP contribution in [-0.2, 0) is 0 Å². The van der Waals surface area contributed by atoms with Crippen LogP contribution in [0.2, 0.25) is 5.02 Å². The molecule has 162 valence electrons. The first-order valence-electron chi connectivity index (χ1n) is 9.97. The van der Waals surface area contributed by atoms with Crippen molar-refractivity contribution in [1.82, 2.24) is 5.32 Å². The van der Waals surface area contributed by atoms with Gasteiger partial charge in [0.05, 0.1) is 31.4 Å². The molecule has 0 saturated carbocycles. The van der Waals surface area contributed by atoms with Crippen molar-refractivity contribution in [2.24, 2.45) is 0 Å². The zero-order valence-corrected chi connectivity index (χ0v) is 18.8. The summed E-state index contributed by atoms with van der Waals surface area (Å²) in [4.78, 5) is 13.2. The van der Waals surface area contributed by atoms with Gasteiger partial charge in [0.1, 0.15) is 5.75 Å². The third-order valence-electron chi connectivity index (χ3n) is 4.70. The van der Waals surface area contributed by atoms with Gasteiger partial charge in [-0.1, -0.05) is 54.1 Å². The van der Waals surface area contributed by atoms with Crippen LogP contribution >= 0.6 is 11.6 Å². The van der Waals surface area contributed by atoms with Crippen LogP contribution in [0.3, 0.4) is 0 Å². The Balaban J connectivity index is 1.94. The third kappa shape index (κ3) is 5.50. The fourth-order valence-corrected chi connectivity index (χ4v) is 3.47. The summed E-state index contributed by atoms with van der Waals surface area (Å²) >= 11 is 6.41.